The van der Waals surface area contributed by atoms with Crippen LogP contribution in [0, 0.1) is 5.92 Å². The van der Waals surface area contributed by atoms with Crippen LogP contribution in [0.1, 0.15) is 31.7 Å². The Labute approximate surface area is 154 Å². The second-order valence-electron chi connectivity index (χ2n) is 7.02. The van der Waals surface area contributed by atoms with E-state index in [0.29, 0.717) is 5.69 Å². The van der Waals surface area contributed by atoms with Crippen molar-refractivity contribution in [2.24, 2.45) is 13.0 Å². The van der Waals surface area contributed by atoms with Gasteiger partial charge in [-0.1, -0.05) is 0 Å². The number of anilines is 1. The Morgan fingerprint density at radius 1 is 1.31 bits per heavy atom. The molecule has 0 spiro atoms. The average molecular weight is 376 g/mol. The van der Waals surface area contributed by atoms with E-state index in [1.54, 1.807) is 30.1 Å². The molecule has 1 aromatic carbocycles. The smallest absolute Gasteiger partial charge is 0.243 e. The molecule has 2 atom stereocenters. The van der Waals surface area contributed by atoms with Crippen LogP contribution in [0.25, 0.3) is 0 Å². The van der Waals surface area contributed by atoms with E-state index < -0.39 is 10.0 Å². The number of nitrogens with zero attached hydrogens (tertiary/aromatic N) is 3. The summed E-state index contributed by atoms with van der Waals surface area (Å²) in [5.74, 6) is 0.103. The summed E-state index contributed by atoms with van der Waals surface area (Å²) in [6, 6.07) is 6.17. The van der Waals surface area contributed by atoms with Gasteiger partial charge < -0.3 is 5.32 Å². The molecule has 1 fully saturated rings. The number of hydrogen-bond acceptors (Lipinski definition) is 4. The Hall–Kier alpha value is -2.19. The molecular formula is C18H24N4O3S. The lowest BCUT2D eigenvalue weighted by molar-refractivity contribution is -0.117. The van der Waals surface area contributed by atoms with Gasteiger partial charge in [0.05, 0.1) is 11.1 Å². The minimum Gasteiger partial charge on any atom is -0.326 e. The largest absolute Gasteiger partial charge is 0.326 e. The van der Waals surface area contributed by atoms with E-state index >= 15 is 0 Å². The van der Waals surface area contributed by atoms with Crippen molar-refractivity contribution in [3.63, 3.8) is 0 Å². The Morgan fingerprint density at radius 2 is 1.96 bits per heavy atom. The second-order valence-corrected chi connectivity index (χ2v) is 9.02. The minimum absolute atomic E-state index is 0.0474. The number of sulfonamides is 1. The average Bonchev–Trinajstić information content (AvgIpc) is 3.29. The lowest BCUT2D eigenvalue weighted by Crippen LogP contribution is -2.33. The molecule has 1 N–H and O–H groups in total. The highest BCUT2D eigenvalue weighted by atomic mass is 32.2. The third-order valence-electron chi connectivity index (χ3n) is 4.81. The van der Waals surface area contributed by atoms with Gasteiger partial charge in [-0.05, 0) is 56.0 Å². The molecule has 8 heteroatoms. The summed E-state index contributed by atoms with van der Waals surface area (Å²) in [7, 11) is -0.107. The van der Waals surface area contributed by atoms with E-state index in [4.69, 9.17) is 0 Å². The summed E-state index contributed by atoms with van der Waals surface area (Å²) in [5, 5.41) is 7.01. The molecule has 1 aliphatic carbocycles. The van der Waals surface area contributed by atoms with E-state index in [2.05, 4.69) is 10.4 Å². The van der Waals surface area contributed by atoms with Crippen LogP contribution in [0.2, 0.25) is 0 Å². The molecule has 3 rings (SSSR count). The first-order valence-corrected chi connectivity index (χ1v) is 10.0. The highest BCUT2D eigenvalue weighted by Crippen LogP contribution is 2.47. The quantitative estimate of drug-likeness (QED) is 0.838. The minimum atomic E-state index is -3.52. The molecule has 1 aliphatic rings. The molecule has 26 heavy (non-hydrogen) atoms. The Balaban J connectivity index is 1.64. The topological polar surface area (TPSA) is 84.3 Å². The zero-order chi connectivity index (χ0) is 19.1. The fourth-order valence-corrected chi connectivity index (χ4v) is 4.24. The highest BCUT2D eigenvalue weighted by molar-refractivity contribution is 7.89. The molecule has 0 radical (unpaired) electrons. The zero-order valence-corrected chi connectivity index (χ0v) is 16.2. The van der Waals surface area contributed by atoms with Gasteiger partial charge in [0, 0.05) is 37.9 Å². The summed E-state index contributed by atoms with van der Waals surface area (Å²) in [5.41, 5.74) is 1.67. The van der Waals surface area contributed by atoms with Crippen molar-refractivity contribution in [2.75, 3.05) is 12.4 Å². The third-order valence-corrected chi connectivity index (χ3v) is 6.85. The predicted octanol–water partition coefficient (Wildman–Crippen LogP) is 2.19. The molecule has 1 amide bonds. The third kappa shape index (κ3) is 3.66. The SMILES string of the molecule is CC(C)N(C)S(=O)(=O)c1ccc(NC(=O)C2CC2c2cnn(C)c2)cc1. The number of carbonyl (C=O) groups is 1. The number of aromatic nitrogens is 2. The maximum absolute atomic E-state index is 12.5. The van der Waals surface area contributed by atoms with Crippen molar-refractivity contribution in [1.29, 1.82) is 0 Å². The number of rotatable bonds is 6. The summed E-state index contributed by atoms with van der Waals surface area (Å²) >= 11 is 0. The van der Waals surface area contributed by atoms with Gasteiger partial charge in [-0.3, -0.25) is 9.48 Å². The molecule has 2 unspecified atom stereocenters. The van der Waals surface area contributed by atoms with Crippen molar-refractivity contribution in [2.45, 2.75) is 37.1 Å². The Morgan fingerprint density at radius 3 is 2.50 bits per heavy atom. The number of benzene rings is 1. The molecule has 1 heterocycles. The van der Waals surface area contributed by atoms with Gasteiger partial charge in [-0.25, -0.2) is 8.42 Å². The predicted molar refractivity (Wildman–Crippen MR) is 99.2 cm³/mol. The first kappa shape index (κ1) is 18.6. The summed E-state index contributed by atoms with van der Waals surface area (Å²) in [6.45, 7) is 3.64. The van der Waals surface area contributed by atoms with Crippen LogP contribution in [-0.2, 0) is 21.9 Å². The van der Waals surface area contributed by atoms with Crippen LogP contribution in [-0.4, -0.2) is 41.5 Å². The summed E-state index contributed by atoms with van der Waals surface area (Å²) in [4.78, 5) is 12.6. The molecule has 1 saturated carbocycles. The van der Waals surface area contributed by atoms with Crippen molar-refractivity contribution in [3.8, 4) is 0 Å². The molecular weight excluding hydrogens is 352 g/mol. The van der Waals surface area contributed by atoms with Crippen LogP contribution < -0.4 is 5.32 Å². The van der Waals surface area contributed by atoms with Crippen molar-refractivity contribution in [1.82, 2.24) is 14.1 Å². The number of nitrogens with one attached hydrogen (secondary N) is 1. The van der Waals surface area contributed by atoms with Crippen LogP contribution in [0.15, 0.2) is 41.6 Å². The van der Waals surface area contributed by atoms with Crippen LogP contribution in [0.4, 0.5) is 5.69 Å². The van der Waals surface area contributed by atoms with Gasteiger partial charge in [0.1, 0.15) is 0 Å². The molecule has 0 bridgehead atoms. The monoisotopic (exact) mass is 376 g/mol. The van der Waals surface area contributed by atoms with Crippen LogP contribution in [0.5, 0.6) is 0 Å². The van der Waals surface area contributed by atoms with E-state index in [0.717, 1.165) is 12.0 Å². The lowest BCUT2D eigenvalue weighted by Gasteiger charge is -2.21. The molecule has 1 aromatic heterocycles. The fourth-order valence-electron chi connectivity index (χ4n) is 2.87. The standard InChI is InChI=1S/C18H24N4O3S/c1-12(2)22(4)26(24,25)15-7-5-14(6-8-15)20-18(23)17-9-16(17)13-10-19-21(3)11-13/h5-8,10-12,16-17H,9H2,1-4H3,(H,20,23). The van der Waals surface area contributed by atoms with E-state index in [1.165, 1.54) is 16.4 Å². The molecule has 7 nitrogen and oxygen atoms in total. The van der Waals surface area contributed by atoms with Crippen LogP contribution >= 0.6 is 0 Å². The van der Waals surface area contributed by atoms with Gasteiger partial charge in [0.25, 0.3) is 0 Å². The number of hydrogen-bond donors (Lipinski definition) is 1. The lowest BCUT2D eigenvalue weighted by atomic mass is 10.2. The Bertz CT molecular complexity index is 903. The van der Waals surface area contributed by atoms with Crippen molar-refractivity contribution < 1.29 is 13.2 Å². The Kier molecular flexibility index (Phi) is 4.90. The second kappa shape index (κ2) is 6.85. The number of amides is 1. The van der Waals surface area contributed by atoms with Gasteiger partial charge in [-0.2, -0.15) is 9.40 Å². The normalized spacial score (nSPS) is 19.8. The first-order valence-electron chi connectivity index (χ1n) is 8.57. The van der Waals surface area contributed by atoms with Gasteiger partial charge in [-0.15, -0.1) is 0 Å². The van der Waals surface area contributed by atoms with Crippen molar-refractivity contribution >= 4 is 21.6 Å². The summed E-state index contributed by atoms with van der Waals surface area (Å²) in [6.07, 6.45) is 4.54. The molecule has 2 aromatic rings. The van der Waals surface area contributed by atoms with Gasteiger partial charge >= 0.3 is 0 Å². The van der Waals surface area contributed by atoms with E-state index in [-0.39, 0.29) is 28.7 Å². The number of carbonyl (C=O) groups excluding carboxylic acids is 1. The fraction of sp³-hybridized carbons (Fsp3) is 0.444. The maximum atomic E-state index is 12.5. The highest BCUT2D eigenvalue weighted by Gasteiger charge is 2.44. The first-order chi connectivity index (χ1) is 12.2. The molecule has 0 aliphatic heterocycles. The zero-order valence-electron chi connectivity index (χ0n) is 15.4. The van der Waals surface area contributed by atoms with Gasteiger partial charge in [0.2, 0.25) is 15.9 Å². The number of aryl methyl sites for hydroxylation is 1. The van der Waals surface area contributed by atoms with Crippen molar-refractivity contribution in [3.05, 3.63) is 42.2 Å². The molecule has 140 valence electrons. The van der Waals surface area contributed by atoms with E-state index in [1.807, 2.05) is 27.1 Å². The molecule has 0 saturated heterocycles. The van der Waals surface area contributed by atoms with Crippen LogP contribution in [0.3, 0.4) is 0 Å². The summed E-state index contributed by atoms with van der Waals surface area (Å²) < 4.78 is 28.0. The van der Waals surface area contributed by atoms with E-state index in [9.17, 15) is 13.2 Å². The maximum Gasteiger partial charge on any atom is 0.243 e. The van der Waals surface area contributed by atoms with Gasteiger partial charge in [0.15, 0.2) is 0 Å².